The third kappa shape index (κ3) is 4.19. The summed E-state index contributed by atoms with van der Waals surface area (Å²) in [6.07, 6.45) is 0. The number of aliphatic hydroxyl groups excluding tert-OH is 1. The number of sulfonamides is 1. The monoisotopic (exact) mass is 322 g/mol. The Hall–Kier alpha value is -1.09. The Balaban J connectivity index is 3.12. The fourth-order valence-corrected chi connectivity index (χ4v) is 2.75. The number of nitrogens with zero attached hydrogens (tertiary/aromatic N) is 1. The van der Waals surface area contributed by atoms with E-state index in [4.69, 9.17) is 5.11 Å². The van der Waals surface area contributed by atoms with Gasteiger partial charge in [-0.05, 0) is 45.6 Å². The highest BCUT2D eigenvalue weighted by molar-refractivity contribution is 7.89. The number of rotatable bonds is 6. The van der Waals surface area contributed by atoms with Crippen LogP contribution in [-0.2, 0) is 16.6 Å². The maximum Gasteiger partial charge on any atom is 0.243 e. The van der Waals surface area contributed by atoms with Crippen molar-refractivity contribution in [3.8, 4) is 0 Å². The summed E-state index contributed by atoms with van der Waals surface area (Å²) in [4.78, 5) is 0.998. The lowest BCUT2D eigenvalue weighted by atomic mass is 10.1. The smallest absolute Gasteiger partial charge is 0.243 e. The van der Waals surface area contributed by atoms with Gasteiger partial charge in [-0.3, -0.25) is 0 Å². The minimum absolute atomic E-state index is 0.0128. The Morgan fingerprint density at radius 2 is 1.86 bits per heavy atom. The van der Waals surface area contributed by atoms with Gasteiger partial charge >= 0.3 is 0 Å². The summed E-state index contributed by atoms with van der Waals surface area (Å²) in [5, 5.41) is 8.96. The van der Waals surface area contributed by atoms with Gasteiger partial charge in [0.2, 0.25) is 10.0 Å². The van der Waals surface area contributed by atoms with Crippen LogP contribution in [0.15, 0.2) is 17.0 Å². The molecular formula is C13H20F2N2O3S. The third-order valence-electron chi connectivity index (χ3n) is 3.43. The van der Waals surface area contributed by atoms with E-state index in [9.17, 15) is 17.2 Å². The summed E-state index contributed by atoms with van der Waals surface area (Å²) in [7, 11) is -0.658. The Kier molecular flexibility index (Phi) is 5.43. The summed E-state index contributed by atoms with van der Waals surface area (Å²) < 4.78 is 53.6. The van der Waals surface area contributed by atoms with Crippen molar-refractivity contribution >= 4 is 10.0 Å². The van der Waals surface area contributed by atoms with Gasteiger partial charge in [0.05, 0.1) is 6.61 Å². The van der Waals surface area contributed by atoms with E-state index in [1.165, 1.54) is 0 Å². The average molecular weight is 322 g/mol. The van der Waals surface area contributed by atoms with Gasteiger partial charge in [-0.15, -0.1) is 0 Å². The molecule has 0 bridgehead atoms. The fourth-order valence-electron chi connectivity index (χ4n) is 1.41. The maximum absolute atomic E-state index is 13.7. The molecule has 0 saturated heterocycles. The van der Waals surface area contributed by atoms with Crippen molar-refractivity contribution in [2.45, 2.75) is 30.9 Å². The molecule has 1 rings (SSSR count). The molecule has 0 aliphatic heterocycles. The second-order valence-corrected chi connectivity index (χ2v) is 7.31. The molecule has 0 aromatic heterocycles. The molecule has 0 atom stereocenters. The second kappa shape index (κ2) is 6.35. The van der Waals surface area contributed by atoms with Crippen LogP contribution in [0, 0.1) is 11.6 Å². The van der Waals surface area contributed by atoms with Crippen molar-refractivity contribution in [2.24, 2.45) is 0 Å². The molecule has 1 aromatic carbocycles. The molecule has 120 valence electrons. The molecule has 0 spiro atoms. The standard InChI is InChI=1S/C13H20F2N2O3S/c1-13(2,17(3)4)8-16-21(19,20)11-6-9(7-18)5-10(14)12(11)15/h5-6,16,18H,7-8H2,1-4H3. The Morgan fingerprint density at radius 3 is 2.33 bits per heavy atom. The van der Waals surface area contributed by atoms with Gasteiger partial charge in [-0.2, -0.15) is 0 Å². The topological polar surface area (TPSA) is 69.6 Å². The van der Waals surface area contributed by atoms with Gasteiger partial charge in [0.15, 0.2) is 11.6 Å². The van der Waals surface area contributed by atoms with Crippen molar-refractivity contribution in [1.29, 1.82) is 0 Å². The van der Waals surface area contributed by atoms with Crippen LogP contribution in [0.3, 0.4) is 0 Å². The minimum atomic E-state index is -4.22. The largest absolute Gasteiger partial charge is 0.392 e. The van der Waals surface area contributed by atoms with Crippen LogP contribution >= 0.6 is 0 Å². The predicted octanol–water partition coefficient (Wildman–Crippen LogP) is 1.08. The number of halogens is 2. The summed E-state index contributed by atoms with van der Waals surface area (Å²) in [6, 6.07) is 1.68. The quantitative estimate of drug-likeness (QED) is 0.822. The highest BCUT2D eigenvalue weighted by atomic mass is 32.2. The normalized spacial score (nSPS) is 13.0. The van der Waals surface area contributed by atoms with Gasteiger partial charge < -0.3 is 10.0 Å². The molecular weight excluding hydrogens is 302 g/mol. The molecule has 5 nitrogen and oxygen atoms in total. The van der Waals surface area contributed by atoms with E-state index in [2.05, 4.69) is 4.72 Å². The van der Waals surface area contributed by atoms with Crippen LogP contribution in [0.5, 0.6) is 0 Å². The zero-order valence-electron chi connectivity index (χ0n) is 12.4. The first-order valence-corrected chi connectivity index (χ1v) is 7.75. The van der Waals surface area contributed by atoms with Gasteiger partial charge in [0, 0.05) is 12.1 Å². The van der Waals surface area contributed by atoms with Crippen molar-refractivity contribution in [1.82, 2.24) is 9.62 Å². The van der Waals surface area contributed by atoms with Gasteiger partial charge in [0.1, 0.15) is 4.90 Å². The summed E-state index contributed by atoms with van der Waals surface area (Å²) in [6.45, 7) is 3.04. The van der Waals surface area contributed by atoms with Crippen LogP contribution in [0.1, 0.15) is 19.4 Å². The Morgan fingerprint density at radius 1 is 1.29 bits per heavy atom. The lowest BCUT2D eigenvalue weighted by Crippen LogP contribution is -2.48. The number of aliphatic hydroxyl groups is 1. The van der Waals surface area contributed by atoms with E-state index in [-0.39, 0.29) is 12.1 Å². The van der Waals surface area contributed by atoms with Crippen molar-refractivity contribution in [2.75, 3.05) is 20.6 Å². The van der Waals surface area contributed by atoms with Gasteiger partial charge in [-0.1, -0.05) is 0 Å². The number of hydrogen-bond donors (Lipinski definition) is 2. The van der Waals surface area contributed by atoms with Crippen LogP contribution < -0.4 is 4.72 Å². The zero-order valence-corrected chi connectivity index (χ0v) is 13.3. The zero-order chi connectivity index (χ0) is 16.4. The lowest BCUT2D eigenvalue weighted by Gasteiger charge is -2.32. The number of likely N-dealkylation sites (N-methyl/N-ethyl adjacent to an activating group) is 1. The van der Waals surface area contributed by atoms with E-state index < -0.39 is 38.7 Å². The highest BCUT2D eigenvalue weighted by Gasteiger charge is 2.27. The number of benzene rings is 1. The molecule has 0 heterocycles. The minimum Gasteiger partial charge on any atom is -0.392 e. The average Bonchev–Trinajstić information content (AvgIpc) is 2.39. The Labute approximate surface area is 123 Å². The van der Waals surface area contributed by atoms with Crippen LogP contribution in [-0.4, -0.2) is 44.6 Å². The molecule has 0 radical (unpaired) electrons. The molecule has 0 aliphatic carbocycles. The third-order valence-corrected chi connectivity index (χ3v) is 4.83. The molecule has 0 amide bonds. The fraction of sp³-hybridized carbons (Fsp3) is 0.538. The first-order chi connectivity index (χ1) is 9.51. The van der Waals surface area contributed by atoms with Crippen molar-refractivity contribution < 1.29 is 22.3 Å². The summed E-state index contributed by atoms with van der Waals surface area (Å²) in [5.74, 6) is -2.77. The maximum atomic E-state index is 13.7. The van der Waals surface area contributed by atoms with Crippen molar-refractivity contribution in [3.63, 3.8) is 0 Å². The van der Waals surface area contributed by atoms with E-state index in [1.54, 1.807) is 32.8 Å². The SMILES string of the molecule is CN(C)C(C)(C)CNS(=O)(=O)c1cc(CO)cc(F)c1F. The summed E-state index contributed by atoms with van der Waals surface area (Å²) >= 11 is 0. The van der Waals surface area contributed by atoms with E-state index in [1.807, 2.05) is 0 Å². The first kappa shape index (κ1) is 18.0. The molecule has 0 fully saturated rings. The van der Waals surface area contributed by atoms with Crippen LogP contribution in [0.2, 0.25) is 0 Å². The molecule has 1 aromatic rings. The molecule has 0 saturated carbocycles. The van der Waals surface area contributed by atoms with Gasteiger partial charge in [0.25, 0.3) is 0 Å². The molecule has 2 N–H and O–H groups in total. The van der Waals surface area contributed by atoms with Crippen molar-refractivity contribution in [3.05, 3.63) is 29.3 Å². The first-order valence-electron chi connectivity index (χ1n) is 6.27. The summed E-state index contributed by atoms with van der Waals surface area (Å²) in [5.41, 5.74) is -0.516. The van der Waals surface area contributed by atoms with E-state index >= 15 is 0 Å². The predicted molar refractivity (Wildman–Crippen MR) is 75.2 cm³/mol. The lowest BCUT2D eigenvalue weighted by molar-refractivity contribution is 0.198. The van der Waals surface area contributed by atoms with E-state index in [0.717, 1.165) is 12.1 Å². The highest BCUT2D eigenvalue weighted by Crippen LogP contribution is 2.20. The van der Waals surface area contributed by atoms with E-state index in [0.29, 0.717) is 0 Å². The molecule has 0 unspecified atom stereocenters. The molecule has 0 aliphatic rings. The number of nitrogens with one attached hydrogen (secondary N) is 1. The molecule has 8 heteroatoms. The van der Waals surface area contributed by atoms with Crippen LogP contribution in [0.25, 0.3) is 0 Å². The Bertz CT molecular complexity index is 616. The molecule has 21 heavy (non-hydrogen) atoms. The van der Waals surface area contributed by atoms with Gasteiger partial charge in [-0.25, -0.2) is 21.9 Å². The second-order valence-electron chi connectivity index (χ2n) is 5.58. The number of hydrogen-bond acceptors (Lipinski definition) is 4. The van der Waals surface area contributed by atoms with Crippen LogP contribution in [0.4, 0.5) is 8.78 Å².